The minimum Gasteiger partial charge on any atom is -0.507 e. The van der Waals surface area contributed by atoms with E-state index in [1.165, 1.54) is 12.1 Å². The predicted molar refractivity (Wildman–Crippen MR) is 75.1 cm³/mol. The summed E-state index contributed by atoms with van der Waals surface area (Å²) in [4.78, 5) is -0.131. The highest BCUT2D eigenvalue weighted by Crippen LogP contribution is 2.21. The lowest BCUT2D eigenvalue weighted by Crippen LogP contribution is -2.23. The summed E-state index contributed by atoms with van der Waals surface area (Å²) in [7, 11) is -2.17. The zero-order valence-corrected chi connectivity index (χ0v) is 11.7. The van der Waals surface area contributed by atoms with Gasteiger partial charge in [-0.15, -0.1) is 0 Å². The number of sulfonamides is 1. The Hall–Kier alpha value is -2.05. The molecular weight excluding hydrogens is 278 g/mol. The Bertz CT molecular complexity index is 681. The number of nitrogens with one attached hydrogen (secondary N) is 1. The van der Waals surface area contributed by atoms with E-state index in [-0.39, 0.29) is 17.2 Å². The summed E-state index contributed by atoms with van der Waals surface area (Å²) in [5, 5.41) is 9.58. The summed E-state index contributed by atoms with van der Waals surface area (Å²) in [6, 6.07) is 12.9. The molecule has 106 valence electrons. The second-order valence-corrected chi connectivity index (χ2v) is 5.88. The minimum atomic E-state index is -3.74. The molecule has 2 aromatic carbocycles. The molecule has 0 aliphatic carbocycles. The lowest BCUT2D eigenvalue weighted by molar-refractivity contribution is 0.414. The molecule has 2 aromatic rings. The standard InChI is InChI=1S/C14H15NO4S/c1-19-12-8-6-11(7-9-12)10-15-20(17,18)14-5-3-2-4-13(14)16/h2-9,15-16H,10H2,1H3. The van der Waals surface area contributed by atoms with Gasteiger partial charge in [-0.3, -0.25) is 0 Å². The average Bonchev–Trinajstić information content (AvgIpc) is 2.46. The van der Waals surface area contributed by atoms with Crippen molar-refractivity contribution in [2.75, 3.05) is 7.11 Å². The van der Waals surface area contributed by atoms with Gasteiger partial charge >= 0.3 is 0 Å². The van der Waals surface area contributed by atoms with Gasteiger partial charge in [-0.1, -0.05) is 24.3 Å². The van der Waals surface area contributed by atoms with Crippen molar-refractivity contribution in [2.45, 2.75) is 11.4 Å². The topological polar surface area (TPSA) is 75.6 Å². The van der Waals surface area contributed by atoms with Crippen LogP contribution in [0.25, 0.3) is 0 Å². The van der Waals surface area contributed by atoms with Gasteiger partial charge in [-0.2, -0.15) is 0 Å². The molecule has 0 unspecified atom stereocenters. The van der Waals surface area contributed by atoms with Crippen LogP contribution in [0.1, 0.15) is 5.56 Å². The van der Waals surface area contributed by atoms with Gasteiger partial charge in [-0.25, -0.2) is 13.1 Å². The van der Waals surface area contributed by atoms with Crippen LogP contribution in [0, 0.1) is 0 Å². The molecule has 0 radical (unpaired) electrons. The molecule has 2 N–H and O–H groups in total. The lowest BCUT2D eigenvalue weighted by atomic mass is 10.2. The molecule has 0 amide bonds. The van der Waals surface area contributed by atoms with Crippen molar-refractivity contribution >= 4 is 10.0 Å². The van der Waals surface area contributed by atoms with Crippen LogP contribution in [0.5, 0.6) is 11.5 Å². The predicted octanol–water partition coefficient (Wildman–Crippen LogP) is 1.88. The second kappa shape index (κ2) is 5.94. The maximum absolute atomic E-state index is 12.1. The maximum Gasteiger partial charge on any atom is 0.244 e. The summed E-state index contributed by atoms with van der Waals surface area (Å²) in [5.74, 6) is 0.437. The molecule has 2 rings (SSSR count). The Morgan fingerprint density at radius 1 is 1.10 bits per heavy atom. The molecule has 0 bridgehead atoms. The van der Waals surface area contributed by atoms with Gasteiger partial charge < -0.3 is 9.84 Å². The first kappa shape index (κ1) is 14.4. The molecule has 0 heterocycles. The third-order valence-electron chi connectivity index (χ3n) is 2.78. The highest BCUT2D eigenvalue weighted by molar-refractivity contribution is 7.89. The fourth-order valence-corrected chi connectivity index (χ4v) is 2.80. The van der Waals surface area contributed by atoms with Gasteiger partial charge in [0.15, 0.2) is 0 Å². The van der Waals surface area contributed by atoms with Gasteiger partial charge in [-0.05, 0) is 29.8 Å². The number of hydrogen-bond donors (Lipinski definition) is 2. The van der Waals surface area contributed by atoms with E-state index >= 15 is 0 Å². The van der Waals surface area contributed by atoms with E-state index in [1.807, 2.05) is 0 Å². The highest BCUT2D eigenvalue weighted by atomic mass is 32.2. The summed E-state index contributed by atoms with van der Waals surface area (Å²) in [5.41, 5.74) is 0.796. The number of para-hydroxylation sites is 1. The molecule has 5 nitrogen and oxygen atoms in total. The van der Waals surface area contributed by atoms with E-state index in [1.54, 1.807) is 43.5 Å². The van der Waals surface area contributed by atoms with Crippen LogP contribution >= 0.6 is 0 Å². The Kier molecular flexibility index (Phi) is 4.26. The first-order valence-electron chi connectivity index (χ1n) is 5.93. The third-order valence-corrected chi connectivity index (χ3v) is 4.23. The van der Waals surface area contributed by atoms with Crippen molar-refractivity contribution in [3.8, 4) is 11.5 Å². The van der Waals surface area contributed by atoms with Crippen LogP contribution in [0.15, 0.2) is 53.4 Å². The van der Waals surface area contributed by atoms with E-state index in [9.17, 15) is 13.5 Å². The minimum absolute atomic E-state index is 0.131. The Balaban J connectivity index is 2.11. The fourth-order valence-electron chi connectivity index (χ4n) is 1.68. The largest absolute Gasteiger partial charge is 0.507 e. The van der Waals surface area contributed by atoms with Gasteiger partial charge in [0.25, 0.3) is 0 Å². The first-order valence-corrected chi connectivity index (χ1v) is 7.42. The molecule has 0 aromatic heterocycles. The molecule has 0 spiro atoms. The van der Waals surface area contributed by atoms with Gasteiger partial charge in [0.05, 0.1) is 7.11 Å². The van der Waals surface area contributed by atoms with Crippen molar-refractivity contribution in [1.29, 1.82) is 0 Å². The lowest BCUT2D eigenvalue weighted by Gasteiger charge is -2.08. The second-order valence-electron chi connectivity index (χ2n) is 4.14. The van der Waals surface area contributed by atoms with Crippen molar-refractivity contribution in [1.82, 2.24) is 4.72 Å². The smallest absolute Gasteiger partial charge is 0.244 e. The maximum atomic E-state index is 12.1. The number of rotatable bonds is 5. The van der Waals surface area contributed by atoms with Crippen molar-refractivity contribution in [3.63, 3.8) is 0 Å². The molecule has 0 atom stereocenters. The number of hydrogen-bond acceptors (Lipinski definition) is 4. The van der Waals surface area contributed by atoms with Crippen LogP contribution in [0.2, 0.25) is 0 Å². The highest BCUT2D eigenvalue weighted by Gasteiger charge is 2.17. The van der Waals surface area contributed by atoms with Crippen molar-refractivity contribution in [3.05, 3.63) is 54.1 Å². The van der Waals surface area contributed by atoms with Gasteiger partial charge in [0, 0.05) is 6.54 Å². The Morgan fingerprint density at radius 3 is 2.35 bits per heavy atom. The molecular formula is C14H15NO4S. The van der Waals surface area contributed by atoms with Crippen molar-refractivity contribution in [2.24, 2.45) is 0 Å². The Labute approximate surface area is 117 Å². The van der Waals surface area contributed by atoms with Crippen LogP contribution in [-0.2, 0) is 16.6 Å². The molecule has 20 heavy (non-hydrogen) atoms. The van der Waals surface area contributed by atoms with E-state index < -0.39 is 10.0 Å². The van der Waals surface area contributed by atoms with Crippen LogP contribution in [-0.4, -0.2) is 20.6 Å². The number of phenolic OH excluding ortho intramolecular Hbond substituents is 1. The first-order chi connectivity index (χ1) is 9.53. The van der Waals surface area contributed by atoms with Crippen LogP contribution < -0.4 is 9.46 Å². The van der Waals surface area contributed by atoms with E-state index in [4.69, 9.17) is 4.74 Å². The average molecular weight is 293 g/mol. The van der Waals surface area contributed by atoms with Gasteiger partial charge in [0.2, 0.25) is 10.0 Å². The molecule has 6 heteroatoms. The zero-order chi connectivity index (χ0) is 14.6. The van der Waals surface area contributed by atoms with Gasteiger partial charge in [0.1, 0.15) is 16.4 Å². The summed E-state index contributed by atoms with van der Waals surface area (Å²) in [6.45, 7) is 0.140. The molecule has 0 fully saturated rings. The number of ether oxygens (including phenoxy) is 1. The van der Waals surface area contributed by atoms with E-state index in [2.05, 4.69) is 4.72 Å². The van der Waals surface area contributed by atoms with Crippen LogP contribution in [0.4, 0.5) is 0 Å². The fraction of sp³-hybridized carbons (Fsp3) is 0.143. The SMILES string of the molecule is COc1ccc(CNS(=O)(=O)c2ccccc2O)cc1. The summed E-state index contributed by atoms with van der Waals surface area (Å²) < 4.78 is 31.6. The number of aromatic hydroxyl groups is 1. The van der Waals surface area contributed by atoms with E-state index in [0.717, 1.165) is 5.56 Å². The molecule has 0 aliphatic heterocycles. The number of methoxy groups -OCH3 is 1. The number of benzene rings is 2. The third kappa shape index (κ3) is 3.28. The monoisotopic (exact) mass is 293 g/mol. The number of phenols is 1. The van der Waals surface area contributed by atoms with Crippen molar-refractivity contribution < 1.29 is 18.3 Å². The van der Waals surface area contributed by atoms with Crippen LogP contribution in [0.3, 0.4) is 0 Å². The summed E-state index contributed by atoms with van der Waals surface area (Å²) >= 11 is 0. The Morgan fingerprint density at radius 2 is 1.75 bits per heavy atom. The molecule has 0 saturated heterocycles. The normalized spacial score (nSPS) is 11.2. The zero-order valence-electron chi connectivity index (χ0n) is 10.9. The molecule has 0 saturated carbocycles. The molecule has 0 aliphatic rings. The van der Waals surface area contributed by atoms with E-state index in [0.29, 0.717) is 5.75 Å². The quantitative estimate of drug-likeness (QED) is 0.882. The summed E-state index contributed by atoms with van der Waals surface area (Å²) in [6.07, 6.45) is 0.